The van der Waals surface area contributed by atoms with Gasteiger partial charge in [-0.05, 0) is 26.0 Å². The summed E-state index contributed by atoms with van der Waals surface area (Å²) in [4.78, 5) is 23.0. The van der Waals surface area contributed by atoms with Gasteiger partial charge < -0.3 is 10.1 Å². The summed E-state index contributed by atoms with van der Waals surface area (Å²) in [7, 11) is 1.24. The monoisotopic (exact) mass is 265 g/mol. The number of ether oxygens (including phenoxy) is 1. The van der Waals surface area contributed by atoms with Gasteiger partial charge in [-0.2, -0.15) is 0 Å². The fourth-order valence-electron chi connectivity index (χ4n) is 1.43. The third kappa shape index (κ3) is 4.21. The van der Waals surface area contributed by atoms with E-state index in [0.29, 0.717) is 5.56 Å². The number of esters is 1. The van der Waals surface area contributed by atoms with E-state index in [-0.39, 0.29) is 0 Å². The zero-order valence-electron chi connectivity index (χ0n) is 11.1. The van der Waals surface area contributed by atoms with Gasteiger partial charge in [0.05, 0.1) is 7.11 Å². The van der Waals surface area contributed by atoms with Crippen molar-refractivity contribution in [1.29, 1.82) is 0 Å². The van der Waals surface area contributed by atoms with Crippen LogP contribution in [0.3, 0.4) is 0 Å². The largest absolute Gasteiger partial charge is 0.467 e. The predicted octanol–water partition coefficient (Wildman–Crippen LogP) is 1.91. The van der Waals surface area contributed by atoms with Crippen LogP contribution in [0.5, 0.6) is 0 Å². The molecule has 0 bridgehead atoms. The maximum absolute atomic E-state index is 13.3. The van der Waals surface area contributed by atoms with Crippen LogP contribution >= 0.6 is 0 Å². The molecule has 0 saturated heterocycles. The first-order chi connectivity index (χ1) is 8.86. The van der Waals surface area contributed by atoms with Crippen LogP contribution in [0.2, 0.25) is 0 Å². The molecule has 5 heteroatoms. The molecule has 0 heterocycles. The Labute approximate surface area is 111 Å². The van der Waals surface area contributed by atoms with E-state index in [1.165, 1.54) is 39.2 Å². The molecule has 0 unspecified atom stereocenters. The van der Waals surface area contributed by atoms with E-state index in [4.69, 9.17) is 0 Å². The summed E-state index contributed by atoms with van der Waals surface area (Å²) in [5, 5.41) is 2.47. The van der Waals surface area contributed by atoms with Crippen LogP contribution in [0.4, 0.5) is 4.39 Å². The SMILES string of the molecule is COC(=O)C(C)(C)NC(=O)/C=C/c1ccccc1F. The topological polar surface area (TPSA) is 55.4 Å². The van der Waals surface area contributed by atoms with Crippen LogP contribution in [0.25, 0.3) is 6.08 Å². The van der Waals surface area contributed by atoms with Crippen molar-refractivity contribution in [2.24, 2.45) is 0 Å². The normalized spacial score (nSPS) is 11.4. The molecular weight excluding hydrogens is 249 g/mol. The molecule has 1 aromatic rings. The number of halogens is 1. The van der Waals surface area contributed by atoms with Crippen molar-refractivity contribution >= 4 is 18.0 Å². The predicted molar refractivity (Wildman–Crippen MR) is 69.7 cm³/mol. The molecule has 0 aliphatic rings. The number of carbonyl (C=O) groups excluding carboxylic acids is 2. The van der Waals surface area contributed by atoms with Gasteiger partial charge in [0, 0.05) is 11.6 Å². The molecule has 4 nitrogen and oxygen atoms in total. The zero-order chi connectivity index (χ0) is 14.5. The number of nitrogens with one attached hydrogen (secondary N) is 1. The number of carbonyl (C=O) groups is 2. The summed E-state index contributed by atoms with van der Waals surface area (Å²) < 4.78 is 17.9. The molecule has 0 fully saturated rings. The zero-order valence-corrected chi connectivity index (χ0v) is 11.1. The first-order valence-electron chi connectivity index (χ1n) is 5.70. The molecule has 0 aromatic heterocycles. The molecule has 0 spiro atoms. The molecule has 0 saturated carbocycles. The lowest BCUT2D eigenvalue weighted by molar-refractivity contribution is -0.148. The highest BCUT2D eigenvalue weighted by Crippen LogP contribution is 2.09. The van der Waals surface area contributed by atoms with Gasteiger partial charge in [-0.3, -0.25) is 4.79 Å². The standard InChI is InChI=1S/C14H16FNO3/c1-14(2,13(18)19-3)16-12(17)9-8-10-6-4-5-7-11(10)15/h4-9H,1-3H3,(H,16,17)/b9-8+. The molecule has 0 atom stereocenters. The minimum absolute atomic E-state index is 0.300. The number of hydrogen-bond donors (Lipinski definition) is 1. The van der Waals surface area contributed by atoms with Gasteiger partial charge in [0.25, 0.3) is 0 Å². The minimum Gasteiger partial charge on any atom is -0.467 e. The summed E-state index contributed by atoms with van der Waals surface area (Å²) >= 11 is 0. The summed E-state index contributed by atoms with van der Waals surface area (Å²) in [6.07, 6.45) is 2.52. The van der Waals surface area contributed by atoms with Gasteiger partial charge in [0.2, 0.25) is 5.91 Å². The molecule has 1 N–H and O–H groups in total. The lowest BCUT2D eigenvalue weighted by Crippen LogP contribution is -2.49. The van der Waals surface area contributed by atoms with E-state index in [9.17, 15) is 14.0 Å². The van der Waals surface area contributed by atoms with Crippen molar-refractivity contribution in [2.75, 3.05) is 7.11 Å². The second-order valence-electron chi connectivity index (χ2n) is 4.46. The molecule has 1 amide bonds. The van der Waals surface area contributed by atoms with Crippen LogP contribution in [0, 0.1) is 5.82 Å². The van der Waals surface area contributed by atoms with Gasteiger partial charge >= 0.3 is 5.97 Å². The van der Waals surface area contributed by atoms with Crippen LogP contribution < -0.4 is 5.32 Å². The fourth-order valence-corrected chi connectivity index (χ4v) is 1.43. The van der Waals surface area contributed by atoms with Gasteiger partial charge in [-0.1, -0.05) is 18.2 Å². The number of hydrogen-bond acceptors (Lipinski definition) is 3. The summed E-state index contributed by atoms with van der Waals surface area (Å²) in [6, 6.07) is 6.08. The number of amides is 1. The van der Waals surface area contributed by atoms with Crippen molar-refractivity contribution in [2.45, 2.75) is 19.4 Å². The Balaban J connectivity index is 2.71. The Hall–Kier alpha value is -2.17. The molecule has 1 aromatic carbocycles. The molecule has 0 radical (unpaired) electrons. The lowest BCUT2D eigenvalue weighted by Gasteiger charge is -2.22. The molecule has 102 valence electrons. The second kappa shape index (κ2) is 6.13. The smallest absolute Gasteiger partial charge is 0.330 e. The molecule has 0 aliphatic carbocycles. The van der Waals surface area contributed by atoms with Crippen LogP contribution in [-0.4, -0.2) is 24.5 Å². The lowest BCUT2D eigenvalue weighted by atomic mass is 10.1. The molecule has 19 heavy (non-hydrogen) atoms. The van der Waals surface area contributed by atoms with Crippen molar-refractivity contribution in [1.82, 2.24) is 5.32 Å². The summed E-state index contributed by atoms with van der Waals surface area (Å²) in [5.74, 6) is -1.47. The fraction of sp³-hybridized carbons (Fsp3) is 0.286. The highest BCUT2D eigenvalue weighted by atomic mass is 19.1. The van der Waals surface area contributed by atoms with Crippen molar-refractivity contribution < 1.29 is 18.7 Å². The van der Waals surface area contributed by atoms with E-state index in [2.05, 4.69) is 10.1 Å². The summed E-state index contributed by atoms with van der Waals surface area (Å²) in [5.41, 5.74) is -0.834. The van der Waals surface area contributed by atoms with Crippen LogP contribution in [0.15, 0.2) is 30.3 Å². The van der Waals surface area contributed by atoms with E-state index in [0.717, 1.165) is 0 Å². The van der Waals surface area contributed by atoms with E-state index in [1.807, 2.05) is 0 Å². The Bertz CT molecular complexity index is 509. The molecule has 1 rings (SSSR count). The Morgan fingerprint density at radius 3 is 2.53 bits per heavy atom. The third-order valence-electron chi connectivity index (χ3n) is 2.45. The van der Waals surface area contributed by atoms with Gasteiger partial charge in [-0.15, -0.1) is 0 Å². The van der Waals surface area contributed by atoms with E-state index < -0.39 is 23.2 Å². The first kappa shape index (κ1) is 14.9. The average Bonchev–Trinajstić information content (AvgIpc) is 2.36. The molecular formula is C14H16FNO3. The Morgan fingerprint density at radius 2 is 1.95 bits per heavy atom. The van der Waals surface area contributed by atoms with Crippen molar-refractivity contribution in [3.8, 4) is 0 Å². The number of rotatable bonds is 4. The average molecular weight is 265 g/mol. The van der Waals surface area contributed by atoms with Gasteiger partial charge in [0.15, 0.2) is 0 Å². The second-order valence-corrected chi connectivity index (χ2v) is 4.46. The summed E-state index contributed by atoms with van der Waals surface area (Å²) in [6.45, 7) is 3.04. The number of methoxy groups -OCH3 is 1. The minimum atomic E-state index is -1.13. The maximum atomic E-state index is 13.3. The maximum Gasteiger partial charge on any atom is 0.330 e. The van der Waals surface area contributed by atoms with Gasteiger partial charge in [0.1, 0.15) is 11.4 Å². The van der Waals surface area contributed by atoms with Crippen molar-refractivity contribution in [3.63, 3.8) is 0 Å². The number of benzene rings is 1. The third-order valence-corrected chi connectivity index (χ3v) is 2.45. The first-order valence-corrected chi connectivity index (χ1v) is 5.70. The van der Waals surface area contributed by atoms with Crippen LogP contribution in [0.1, 0.15) is 19.4 Å². The quantitative estimate of drug-likeness (QED) is 0.668. The Morgan fingerprint density at radius 1 is 1.32 bits per heavy atom. The van der Waals surface area contributed by atoms with Crippen molar-refractivity contribution in [3.05, 3.63) is 41.7 Å². The highest BCUT2D eigenvalue weighted by Gasteiger charge is 2.29. The molecule has 0 aliphatic heterocycles. The Kier molecular flexibility index (Phi) is 4.80. The van der Waals surface area contributed by atoms with Gasteiger partial charge in [-0.25, -0.2) is 9.18 Å². The van der Waals surface area contributed by atoms with E-state index >= 15 is 0 Å². The van der Waals surface area contributed by atoms with Crippen LogP contribution in [-0.2, 0) is 14.3 Å². The highest BCUT2D eigenvalue weighted by molar-refractivity contribution is 5.95. The van der Waals surface area contributed by atoms with E-state index in [1.54, 1.807) is 18.2 Å².